The molecule has 2 aromatic heterocycles. The van der Waals surface area contributed by atoms with Crippen LogP contribution in [0.3, 0.4) is 0 Å². The Bertz CT molecular complexity index is 1010. The number of nitrogens with one attached hydrogen (secondary N) is 2. The predicted octanol–water partition coefficient (Wildman–Crippen LogP) is 1.99. The number of hydrogen-bond donors (Lipinski definition) is 2. The molecule has 0 unspecified atom stereocenters. The van der Waals surface area contributed by atoms with Gasteiger partial charge >= 0.3 is 0 Å². The number of hydrogen-bond acceptors (Lipinski definition) is 6. The maximum atomic E-state index is 13.4. The fourth-order valence-electron chi connectivity index (χ4n) is 3.84. The molecule has 9 nitrogen and oxygen atoms in total. The van der Waals surface area contributed by atoms with Crippen LogP contribution in [0.25, 0.3) is 0 Å². The molecule has 3 aromatic rings. The summed E-state index contributed by atoms with van der Waals surface area (Å²) in [7, 11) is 3.45. The number of rotatable bonds is 4. The Balaban J connectivity index is 1.75. The predicted molar refractivity (Wildman–Crippen MR) is 104 cm³/mol. The largest absolute Gasteiger partial charge is 0.495 e. The first-order valence-electron chi connectivity index (χ1n) is 9.09. The second kappa shape index (κ2) is 6.99. The van der Waals surface area contributed by atoms with Gasteiger partial charge in [0.15, 0.2) is 0 Å². The van der Waals surface area contributed by atoms with Crippen molar-refractivity contribution >= 4 is 17.5 Å². The van der Waals surface area contributed by atoms with Crippen molar-refractivity contribution in [1.82, 2.24) is 24.5 Å². The summed E-state index contributed by atoms with van der Waals surface area (Å²) in [6, 6.07) is 6.88. The third kappa shape index (κ3) is 2.98. The van der Waals surface area contributed by atoms with Crippen molar-refractivity contribution in [2.45, 2.75) is 25.9 Å². The molecule has 1 aliphatic heterocycles. The van der Waals surface area contributed by atoms with E-state index in [1.807, 2.05) is 51.4 Å². The lowest BCUT2D eigenvalue weighted by Crippen LogP contribution is -2.46. The van der Waals surface area contributed by atoms with Crippen molar-refractivity contribution in [2.75, 3.05) is 17.7 Å². The number of aryl methyl sites for hydroxylation is 2. The summed E-state index contributed by atoms with van der Waals surface area (Å²) in [5.41, 5.74) is 2.44. The van der Waals surface area contributed by atoms with Gasteiger partial charge in [-0.25, -0.2) is 4.68 Å². The van der Waals surface area contributed by atoms with Crippen molar-refractivity contribution in [2.24, 2.45) is 13.0 Å². The number of anilines is 2. The van der Waals surface area contributed by atoms with Gasteiger partial charge in [0.2, 0.25) is 11.9 Å². The Morgan fingerprint density at radius 3 is 2.82 bits per heavy atom. The van der Waals surface area contributed by atoms with E-state index in [9.17, 15) is 4.79 Å². The molecule has 0 spiro atoms. The topological polar surface area (TPSA) is 98.9 Å². The smallest absolute Gasteiger partial charge is 0.232 e. The lowest BCUT2D eigenvalue weighted by atomic mass is 9.85. The Kier molecular flexibility index (Phi) is 4.50. The number of benzene rings is 1. The maximum absolute atomic E-state index is 13.4. The quantitative estimate of drug-likeness (QED) is 0.717. The molecule has 9 heteroatoms. The van der Waals surface area contributed by atoms with E-state index in [1.165, 1.54) is 6.33 Å². The number of amides is 1. The minimum Gasteiger partial charge on any atom is -0.495 e. The normalized spacial score (nSPS) is 20.9. The molecule has 0 saturated heterocycles. The number of carbonyl (C=O) groups excluding carboxylic acids is 1. The number of para-hydroxylation sites is 2. The molecular weight excluding hydrogens is 358 g/mol. The maximum Gasteiger partial charge on any atom is 0.232 e. The standard InChI is InChI=1S/C19H23N7O2/c1-11-13(9-25(3)24-11)17-16(12(2)22-19-20-10-21-26(17)19)18(27)23-14-7-5-6-8-15(14)28-4/h5-10,12,16-17H,1-4H3,(H,23,27)(H,20,21,22)/t12-,16+,17+/m0/s1. The third-order valence-corrected chi connectivity index (χ3v) is 5.11. The van der Waals surface area contributed by atoms with Gasteiger partial charge in [0, 0.05) is 24.8 Å². The average molecular weight is 381 g/mol. The van der Waals surface area contributed by atoms with Gasteiger partial charge in [0.25, 0.3) is 0 Å². The summed E-state index contributed by atoms with van der Waals surface area (Å²) >= 11 is 0. The molecule has 3 heterocycles. The van der Waals surface area contributed by atoms with E-state index in [0.29, 0.717) is 17.4 Å². The van der Waals surface area contributed by atoms with E-state index in [-0.39, 0.29) is 18.0 Å². The van der Waals surface area contributed by atoms with Gasteiger partial charge in [-0.05, 0) is 26.0 Å². The summed E-state index contributed by atoms with van der Waals surface area (Å²) < 4.78 is 8.88. The van der Waals surface area contributed by atoms with Crippen LogP contribution in [0, 0.1) is 12.8 Å². The summed E-state index contributed by atoms with van der Waals surface area (Å²) in [5, 5.41) is 15.1. The Hall–Kier alpha value is -3.36. The summed E-state index contributed by atoms with van der Waals surface area (Å²) in [4.78, 5) is 17.7. The van der Waals surface area contributed by atoms with Crippen LogP contribution >= 0.6 is 0 Å². The SMILES string of the molecule is COc1ccccc1NC(=O)[C@@H]1[C@H](C)Nc2ncnn2[C@@H]1c1cn(C)nc1C. The Morgan fingerprint density at radius 2 is 2.11 bits per heavy atom. The van der Waals surface area contributed by atoms with Crippen LogP contribution in [0.15, 0.2) is 36.8 Å². The van der Waals surface area contributed by atoms with E-state index in [1.54, 1.807) is 16.5 Å². The van der Waals surface area contributed by atoms with Gasteiger partial charge in [0.1, 0.15) is 12.1 Å². The van der Waals surface area contributed by atoms with Crippen molar-refractivity contribution < 1.29 is 9.53 Å². The lowest BCUT2D eigenvalue weighted by molar-refractivity contribution is -0.121. The fraction of sp³-hybridized carbons (Fsp3) is 0.368. The molecule has 0 radical (unpaired) electrons. The Morgan fingerprint density at radius 1 is 1.32 bits per heavy atom. The monoisotopic (exact) mass is 381 g/mol. The second-order valence-corrected chi connectivity index (χ2v) is 6.96. The molecule has 28 heavy (non-hydrogen) atoms. The van der Waals surface area contributed by atoms with Crippen molar-refractivity contribution in [3.63, 3.8) is 0 Å². The number of aromatic nitrogens is 5. The minimum absolute atomic E-state index is 0.126. The highest BCUT2D eigenvalue weighted by molar-refractivity contribution is 5.95. The third-order valence-electron chi connectivity index (χ3n) is 5.11. The van der Waals surface area contributed by atoms with Gasteiger partial charge in [0.05, 0.1) is 30.5 Å². The van der Waals surface area contributed by atoms with Crippen molar-refractivity contribution in [3.05, 3.63) is 48.0 Å². The number of carbonyl (C=O) groups is 1. The molecule has 2 N–H and O–H groups in total. The summed E-state index contributed by atoms with van der Waals surface area (Å²) in [5.74, 6) is 0.700. The fourth-order valence-corrected chi connectivity index (χ4v) is 3.84. The highest BCUT2D eigenvalue weighted by Crippen LogP contribution is 2.38. The molecule has 146 valence electrons. The first-order chi connectivity index (χ1) is 13.5. The van der Waals surface area contributed by atoms with E-state index in [0.717, 1.165) is 11.3 Å². The van der Waals surface area contributed by atoms with Crippen LogP contribution in [-0.4, -0.2) is 43.6 Å². The van der Waals surface area contributed by atoms with Gasteiger partial charge in [-0.1, -0.05) is 12.1 Å². The van der Waals surface area contributed by atoms with Crippen LogP contribution in [-0.2, 0) is 11.8 Å². The van der Waals surface area contributed by atoms with Crippen LogP contribution in [0.5, 0.6) is 5.75 Å². The summed E-state index contributed by atoms with van der Waals surface area (Å²) in [6.45, 7) is 3.91. The molecule has 0 bridgehead atoms. The minimum atomic E-state index is -0.429. The van der Waals surface area contributed by atoms with Crippen LogP contribution in [0.2, 0.25) is 0 Å². The molecular formula is C19H23N7O2. The van der Waals surface area contributed by atoms with E-state index in [2.05, 4.69) is 25.8 Å². The zero-order chi connectivity index (χ0) is 19.8. The molecule has 1 aromatic carbocycles. The number of ether oxygens (including phenoxy) is 1. The van der Waals surface area contributed by atoms with Crippen LogP contribution < -0.4 is 15.4 Å². The molecule has 1 amide bonds. The second-order valence-electron chi connectivity index (χ2n) is 6.96. The van der Waals surface area contributed by atoms with Gasteiger partial charge < -0.3 is 15.4 Å². The number of methoxy groups -OCH3 is 1. The van der Waals surface area contributed by atoms with Gasteiger partial charge in [-0.3, -0.25) is 9.48 Å². The lowest BCUT2D eigenvalue weighted by Gasteiger charge is -2.36. The average Bonchev–Trinajstić information content (AvgIpc) is 3.26. The first-order valence-corrected chi connectivity index (χ1v) is 9.09. The molecule has 0 fully saturated rings. The molecule has 1 aliphatic rings. The zero-order valence-corrected chi connectivity index (χ0v) is 16.2. The van der Waals surface area contributed by atoms with E-state index in [4.69, 9.17) is 4.74 Å². The van der Waals surface area contributed by atoms with Crippen molar-refractivity contribution in [1.29, 1.82) is 0 Å². The van der Waals surface area contributed by atoms with Crippen LogP contribution in [0.1, 0.15) is 24.2 Å². The van der Waals surface area contributed by atoms with Gasteiger partial charge in [-0.2, -0.15) is 15.2 Å². The molecule has 3 atom stereocenters. The molecule has 0 aliphatic carbocycles. The van der Waals surface area contributed by atoms with E-state index >= 15 is 0 Å². The first kappa shape index (κ1) is 18.0. The Labute approximate surface area is 162 Å². The van der Waals surface area contributed by atoms with Crippen LogP contribution in [0.4, 0.5) is 11.6 Å². The molecule has 4 rings (SSSR count). The van der Waals surface area contributed by atoms with E-state index < -0.39 is 5.92 Å². The summed E-state index contributed by atoms with van der Waals surface area (Å²) in [6.07, 6.45) is 3.43. The van der Waals surface area contributed by atoms with Gasteiger partial charge in [-0.15, -0.1) is 0 Å². The highest BCUT2D eigenvalue weighted by atomic mass is 16.5. The molecule has 0 saturated carbocycles. The highest BCUT2D eigenvalue weighted by Gasteiger charge is 2.42. The zero-order valence-electron chi connectivity index (χ0n) is 16.2. The number of fused-ring (bicyclic) bond motifs is 1. The number of nitrogens with zero attached hydrogens (tertiary/aromatic N) is 5. The van der Waals surface area contributed by atoms with Crippen molar-refractivity contribution in [3.8, 4) is 5.75 Å².